The fourth-order valence-corrected chi connectivity index (χ4v) is 4.17. The predicted octanol–water partition coefficient (Wildman–Crippen LogP) is 3.22. The van der Waals surface area contributed by atoms with Crippen molar-refractivity contribution in [3.63, 3.8) is 0 Å². The van der Waals surface area contributed by atoms with Gasteiger partial charge in [0.1, 0.15) is 24.0 Å². The molecule has 0 bridgehead atoms. The van der Waals surface area contributed by atoms with Gasteiger partial charge >= 0.3 is 6.03 Å². The normalized spacial score (nSPS) is 26.5. The van der Waals surface area contributed by atoms with Crippen LogP contribution in [0, 0.1) is 5.92 Å². The van der Waals surface area contributed by atoms with Gasteiger partial charge in [0.15, 0.2) is 0 Å². The molecule has 2 aliphatic rings. The van der Waals surface area contributed by atoms with Gasteiger partial charge < -0.3 is 15.2 Å². The fourth-order valence-electron chi connectivity index (χ4n) is 4.17. The van der Waals surface area contributed by atoms with Gasteiger partial charge in [-0.1, -0.05) is 52.7 Å². The minimum atomic E-state index is -0.939. The minimum Gasteiger partial charge on any atom is -0.491 e. The van der Waals surface area contributed by atoms with Crippen LogP contribution in [0.5, 0.6) is 5.75 Å². The molecule has 1 saturated heterocycles. The number of carbonyl (C=O) groups is 2. The molecule has 1 saturated carbocycles. The van der Waals surface area contributed by atoms with E-state index < -0.39 is 17.7 Å². The SMILES string of the molecule is CC1CCCCC12NC(=O)N(CC(O)COc1ccc(C(C)(C)C)cc1)C2=O. The molecule has 3 rings (SSSR count). The van der Waals surface area contributed by atoms with Crippen LogP contribution in [0.2, 0.25) is 0 Å². The van der Waals surface area contributed by atoms with Crippen molar-refractivity contribution in [2.24, 2.45) is 5.92 Å². The van der Waals surface area contributed by atoms with E-state index in [4.69, 9.17) is 4.74 Å². The lowest BCUT2D eigenvalue weighted by molar-refractivity contribution is -0.135. The lowest BCUT2D eigenvalue weighted by atomic mass is 9.73. The summed E-state index contributed by atoms with van der Waals surface area (Å²) in [4.78, 5) is 26.5. The molecule has 2 fully saturated rings. The largest absolute Gasteiger partial charge is 0.491 e. The summed E-state index contributed by atoms with van der Waals surface area (Å²) in [5.74, 6) is 0.553. The van der Waals surface area contributed by atoms with E-state index in [9.17, 15) is 14.7 Å². The summed E-state index contributed by atoms with van der Waals surface area (Å²) in [6, 6.07) is 7.35. The highest BCUT2D eigenvalue weighted by atomic mass is 16.5. The molecule has 1 spiro atoms. The Bertz CT molecular complexity index is 725. The van der Waals surface area contributed by atoms with Crippen LogP contribution in [0.3, 0.4) is 0 Å². The number of urea groups is 1. The number of β-amino-alcohol motifs (C(OH)–C–C–N with tert-alkyl or cyclic N) is 1. The second-order valence-corrected chi connectivity index (χ2v) is 9.20. The van der Waals surface area contributed by atoms with Crippen molar-refractivity contribution >= 4 is 11.9 Å². The Morgan fingerprint density at radius 2 is 1.93 bits per heavy atom. The molecule has 2 N–H and O–H groups in total. The molecule has 1 aromatic rings. The van der Waals surface area contributed by atoms with Crippen molar-refractivity contribution in [3.8, 4) is 5.75 Å². The highest BCUT2D eigenvalue weighted by Gasteiger charge is 2.55. The van der Waals surface area contributed by atoms with E-state index in [1.165, 1.54) is 5.56 Å². The Balaban J connectivity index is 1.57. The molecular formula is C22H32N2O4. The third-order valence-corrected chi connectivity index (χ3v) is 6.06. The van der Waals surface area contributed by atoms with Gasteiger partial charge in [0.25, 0.3) is 5.91 Å². The Hall–Kier alpha value is -2.08. The summed E-state index contributed by atoms with van der Waals surface area (Å²) in [6.45, 7) is 8.41. The molecule has 1 aliphatic heterocycles. The number of carbonyl (C=O) groups excluding carboxylic acids is 2. The maximum absolute atomic E-state index is 12.9. The van der Waals surface area contributed by atoms with Crippen molar-refractivity contribution in [1.29, 1.82) is 0 Å². The molecule has 28 heavy (non-hydrogen) atoms. The zero-order valence-corrected chi connectivity index (χ0v) is 17.3. The average Bonchev–Trinajstić information content (AvgIpc) is 2.87. The summed E-state index contributed by atoms with van der Waals surface area (Å²) in [5, 5.41) is 13.2. The molecule has 1 aliphatic carbocycles. The van der Waals surface area contributed by atoms with E-state index in [1.807, 2.05) is 31.2 Å². The first-order chi connectivity index (χ1) is 13.1. The van der Waals surface area contributed by atoms with Crippen LogP contribution < -0.4 is 10.1 Å². The van der Waals surface area contributed by atoms with Crippen molar-refractivity contribution in [3.05, 3.63) is 29.8 Å². The Morgan fingerprint density at radius 3 is 2.54 bits per heavy atom. The summed E-state index contributed by atoms with van der Waals surface area (Å²) >= 11 is 0. The molecule has 0 aromatic heterocycles. The first kappa shape index (κ1) is 20.6. The molecule has 6 heteroatoms. The van der Waals surface area contributed by atoms with E-state index in [1.54, 1.807) is 0 Å². The van der Waals surface area contributed by atoms with E-state index in [0.29, 0.717) is 12.2 Å². The van der Waals surface area contributed by atoms with Gasteiger partial charge in [-0.2, -0.15) is 0 Å². The summed E-state index contributed by atoms with van der Waals surface area (Å²) in [7, 11) is 0. The number of aliphatic hydroxyl groups is 1. The fraction of sp³-hybridized carbons (Fsp3) is 0.636. The number of benzene rings is 1. The maximum atomic E-state index is 12.9. The first-order valence-corrected chi connectivity index (χ1v) is 10.2. The van der Waals surface area contributed by atoms with Crippen LogP contribution in [0.1, 0.15) is 58.9 Å². The second kappa shape index (κ2) is 7.74. The lowest BCUT2D eigenvalue weighted by Crippen LogP contribution is -2.54. The van der Waals surface area contributed by atoms with E-state index in [0.717, 1.165) is 24.2 Å². The molecule has 3 atom stereocenters. The molecule has 3 unspecified atom stereocenters. The number of nitrogens with zero attached hydrogens (tertiary/aromatic N) is 1. The highest BCUT2D eigenvalue weighted by Crippen LogP contribution is 2.38. The quantitative estimate of drug-likeness (QED) is 0.759. The monoisotopic (exact) mass is 388 g/mol. The second-order valence-electron chi connectivity index (χ2n) is 9.20. The molecule has 6 nitrogen and oxygen atoms in total. The van der Waals surface area contributed by atoms with E-state index in [-0.39, 0.29) is 30.4 Å². The van der Waals surface area contributed by atoms with Gasteiger partial charge in [-0.3, -0.25) is 9.69 Å². The van der Waals surface area contributed by atoms with Gasteiger partial charge in [0, 0.05) is 0 Å². The smallest absolute Gasteiger partial charge is 0.325 e. The van der Waals surface area contributed by atoms with Crippen LogP contribution in [-0.2, 0) is 10.2 Å². The zero-order chi connectivity index (χ0) is 20.5. The van der Waals surface area contributed by atoms with Gasteiger partial charge in [0.05, 0.1) is 6.54 Å². The van der Waals surface area contributed by atoms with Crippen LogP contribution in [0.4, 0.5) is 4.79 Å². The van der Waals surface area contributed by atoms with Crippen molar-refractivity contribution in [2.75, 3.05) is 13.2 Å². The molecule has 1 heterocycles. The topological polar surface area (TPSA) is 78.9 Å². The number of ether oxygens (including phenoxy) is 1. The van der Waals surface area contributed by atoms with Crippen molar-refractivity contribution < 1.29 is 19.4 Å². The Labute approximate surface area is 167 Å². The molecule has 154 valence electrons. The van der Waals surface area contributed by atoms with Gasteiger partial charge in [-0.15, -0.1) is 0 Å². The van der Waals surface area contributed by atoms with Crippen LogP contribution in [0.15, 0.2) is 24.3 Å². The number of aliphatic hydroxyl groups excluding tert-OH is 1. The Morgan fingerprint density at radius 1 is 1.25 bits per heavy atom. The molecule has 0 radical (unpaired) electrons. The number of rotatable bonds is 5. The number of amides is 3. The predicted molar refractivity (Wildman–Crippen MR) is 107 cm³/mol. The average molecular weight is 389 g/mol. The van der Waals surface area contributed by atoms with Crippen LogP contribution in [0.25, 0.3) is 0 Å². The number of hydrogen-bond acceptors (Lipinski definition) is 4. The lowest BCUT2D eigenvalue weighted by Gasteiger charge is -2.36. The molecule has 3 amide bonds. The number of nitrogens with one attached hydrogen (secondary N) is 1. The molecular weight excluding hydrogens is 356 g/mol. The van der Waals surface area contributed by atoms with Crippen molar-refractivity contribution in [1.82, 2.24) is 10.2 Å². The third kappa shape index (κ3) is 4.02. The van der Waals surface area contributed by atoms with Crippen molar-refractivity contribution in [2.45, 2.75) is 70.4 Å². The van der Waals surface area contributed by atoms with Gasteiger partial charge in [-0.05, 0) is 41.9 Å². The summed E-state index contributed by atoms with van der Waals surface area (Å²) in [6.07, 6.45) is 2.67. The number of imide groups is 1. The van der Waals surface area contributed by atoms with E-state index in [2.05, 4.69) is 26.1 Å². The highest BCUT2D eigenvalue weighted by molar-refractivity contribution is 6.07. The molecule has 1 aromatic carbocycles. The summed E-state index contributed by atoms with van der Waals surface area (Å²) in [5.41, 5.74) is 0.471. The van der Waals surface area contributed by atoms with E-state index >= 15 is 0 Å². The van der Waals surface area contributed by atoms with Gasteiger partial charge in [0.2, 0.25) is 0 Å². The Kier molecular flexibility index (Phi) is 5.71. The number of hydrogen-bond donors (Lipinski definition) is 2. The third-order valence-electron chi connectivity index (χ3n) is 6.06. The minimum absolute atomic E-state index is 0.0223. The zero-order valence-electron chi connectivity index (χ0n) is 17.3. The standard InChI is InChI=1S/C22H32N2O4/c1-15-7-5-6-12-22(15)19(26)24(20(27)23-22)13-17(25)14-28-18-10-8-16(9-11-18)21(2,3)4/h8-11,15,17,25H,5-7,12-14H2,1-4H3,(H,23,27). The summed E-state index contributed by atoms with van der Waals surface area (Å²) < 4.78 is 5.65. The first-order valence-electron chi connectivity index (χ1n) is 10.2. The maximum Gasteiger partial charge on any atom is 0.325 e. The van der Waals surface area contributed by atoms with Crippen LogP contribution in [-0.4, -0.2) is 46.7 Å². The van der Waals surface area contributed by atoms with Crippen LogP contribution >= 0.6 is 0 Å². The van der Waals surface area contributed by atoms with Gasteiger partial charge in [-0.25, -0.2) is 4.79 Å².